The molecule has 0 aliphatic rings. The molecule has 2 rings (SSSR count). The molecule has 0 bridgehead atoms. The van der Waals surface area contributed by atoms with Crippen LogP contribution in [-0.4, -0.2) is 24.6 Å². The van der Waals surface area contributed by atoms with Crippen molar-refractivity contribution in [3.63, 3.8) is 0 Å². The van der Waals surface area contributed by atoms with Crippen LogP contribution in [0.5, 0.6) is 5.75 Å². The molecule has 2 aromatic carbocycles. The highest BCUT2D eigenvalue weighted by Crippen LogP contribution is 2.32. The maximum atomic E-state index is 11.4. The van der Waals surface area contributed by atoms with Crippen LogP contribution in [0.1, 0.15) is 31.2 Å². The molecule has 2 aromatic rings. The summed E-state index contributed by atoms with van der Waals surface area (Å²) in [5, 5.41) is 20.2. The number of rotatable bonds is 9. The summed E-state index contributed by atoms with van der Waals surface area (Å²) in [6.07, 6.45) is 2.50. The molecule has 27 heavy (non-hydrogen) atoms. The number of carbonyl (C=O) groups excluding carboxylic acids is 1. The quantitative estimate of drug-likeness (QED) is 0.284. The molecule has 0 heterocycles. The van der Waals surface area contributed by atoms with E-state index in [1.165, 1.54) is 13.2 Å². The first-order chi connectivity index (χ1) is 13.0. The first kappa shape index (κ1) is 19.9. The van der Waals surface area contributed by atoms with E-state index in [1.54, 1.807) is 36.4 Å². The van der Waals surface area contributed by atoms with Gasteiger partial charge in [-0.2, -0.15) is 5.26 Å². The normalized spacial score (nSPS) is 10.1. The summed E-state index contributed by atoms with van der Waals surface area (Å²) in [6, 6.07) is 13.7. The highest BCUT2D eigenvalue weighted by molar-refractivity contribution is 5.69. The van der Waals surface area contributed by atoms with Gasteiger partial charge in [0, 0.05) is 12.5 Å². The largest absolute Gasteiger partial charge is 0.487 e. The molecule has 0 saturated heterocycles. The molecule has 0 unspecified atom stereocenters. The maximum Gasteiger partial charge on any atom is 0.311 e. The number of hydrogen-bond acceptors (Lipinski definition) is 6. The lowest BCUT2D eigenvalue weighted by atomic mass is 10.0. The molecule has 140 valence electrons. The molecule has 0 saturated carbocycles. The molecule has 7 heteroatoms. The number of nitro groups is 1. The Kier molecular flexibility index (Phi) is 7.32. The number of nitro benzene ring substituents is 1. The Bertz CT molecular complexity index is 840. The van der Waals surface area contributed by atoms with Gasteiger partial charge in [0.2, 0.25) is 0 Å². The Hall–Kier alpha value is -3.40. The monoisotopic (exact) mass is 368 g/mol. The van der Waals surface area contributed by atoms with Crippen LogP contribution in [0.15, 0.2) is 42.5 Å². The number of hydrogen-bond donors (Lipinski definition) is 0. The minimum absolute atomic E-state index is 0.105. The molecule has 0 atom stereocenters. The van der Waals surface area contributed by atoms with Crippen LogP contribution in [0.4, 0.5) is 5.69 Å². The van der Waals surface area contributed by atoms with Crippen LogP contribution in [0, 0.1) is 21.4 Å². The summed E-state index contributed by atoms with van der Waals surface area (Å²) in [5.74, 6) is -0.0321. The summed E-state index contributed by atoms with van der Waals surface area (Å²) in [7, 11) is 1.35. The fourth-order valence-corrected chi connectivity index (χ4v) is 2.53. The van der Waals surface area contributed by atoms with Crippen molar-refractivity contribution in [2.45, 2.75) is 25.7 Å². The van der Waals surface area contributed by atoms with E-state index < -0.39 is 4.92 Å². The predicted molar refractivity (Wildman–Crippen MR) is 99.2 cm³/mol. The van der Waals surface area contributed by atoms with E-state index in [4.69, 9.17) is 10.00 Å². The van der Waals surface area contributed by atoms with Gasteiger partial charge in [0.05, 0.1) is 30.3 Å². The van der Waals surface area contributed by atoms with Crippen molar-refractivity contribution in [1.29, 1.82) is 5.26 Å². The highest BCUT2D eigenvalue weighted by atomic mass is 16.6. The number of nitriles is 1. The number of nitrogens with zero attached hydrogens (tertiary/aromatic N) is 2. The van der Waals surface area contributed by atoms with E-state index in [0.29, 0.717) is 37.0 Å². The smallest absolute Gasteiger partial charge is 0.311 e. The lowest BCUT2D eigenvalue weighted by Crippen LogP contribution is -2.02. The lowest BCUT2D eigenvalue weighted by molar-refractivity contribution is -0.385. The summed E-state index contributed by atoms with van der Waals surface area (Å²) in [4.78, 5) is 21.9. The second-order valence-corrected chi connectivity index (χ2v) is 5.86. The van der Waals surface area contributed by atoms with Crippen LogP contribution in [0.2, 0.25) is 0 Å². The Balaban J connectivity index is 1.99. The third-order valence-electron chi connectivity index (χ3n) is 4.01. The molecule has 0 spiro atoms. The number of benzene rings is 2. The summed E-state index contributed by atoms with van der Waals surface area (Å²) >= 11 is 0. The van der Waals surface area contributed by atoms with Crippen molar-refractivity contribution in [3.8, 4) is 22.9 Å². The Labute approximate surface area is 157 Å². The second kappa shape index (κ2) is 9.92. The molecule has 0 aliphatic carbocycles. The molecule has 7 nitrogen and oxygen atoms in total. The van der Waals surface area contributed by atoms with Crippen LogP contribution in [0.25, 0.3) is 11.1 Å². The molecule has 0 fully saturated rings. The Morgan fingerprint density at radius 1 is 1.11 bits per heavy atom. The standard InChI is InChI=1S/C20H20N2O5/c1-26-20(23)5-3-2-4-12-27-19-11-10-17(13-18(19)22(24)25)16-8-6-15(14-21)7-9-16/h6-11,13H,2-5,12H2,1H3. The zero-order chi connectivity index (χ0) is 19.6. The van der Waals surface area contributed by atoms with E-state index >= 15 is 0 Å². The van der Waals surface area contributed by atoms with Crippen molar-refractivity contribution in [3.05, 3.63) is 58.1 Å². The fourth-order valence-electron chi connectivity index (χ4n) is 2.53. The van der Waals surface area contributed by atoms with Gasteiger partial charge in [-0.3, -0.25) is 14.9 Å². The van der Waals surface area contributed by atoms with Crippen LogP contribution in [-0.2, 0) is 9.53 Å². The molecule has 0 amide bonds. The molecule has 0 aliphatic heterocycles. The number of carbonyl (C=O) groups is 1. The third-order valence-corrected chi connectivity index (χ3v) is 4.01. The van der Waals surface area contributed by atoms with E-state index in [9.17, 15) is 14.9 Å². The zero-order valence-corrected chi connectivity index (χ0v) is 15.0. The second-order valence-electron chi connectivity index (χ2n) is 5.86. The van der Waals surface area contributed by atoms with E-state index in [2.05, 4.69) is 4.74 Å². The van der Waals surface area contributed by atoms with Gasteiger partial charge < -0.3 is 9.47 Å². The number of methoxy groups -OCH3 is 1. The molecule has 0 radical (unpaired) electrons. The fraction of sp³-hybridized carbons (Fsp3) is 0.300. The average Bonchev–Trinajstić information content (AvgIpc) is 2.70. The summed E-state index contributed by atoms with van der Waals surface area (Å²) in [6.45, 7) is 0.332. The van der Waals surface area contributed by atoms with Gasteiger partial charge >= 0.3 is 11.7 Å². The Morgan fingerprint density at radius 3 is 2.44 bits per heavy atom. The van der Waals surface area contributed by atoms with Crippen LogP contribution in [0.3, 0.4) is 0 Å². The summed E-state index contributed by atoms with van der Waals surface area (Å²) in [5.41, 5.74) is 1.88. The van der Waals surface area contributed by atoms with Crippen molar-refractivity contribution in [2.75, 3.05) is 13.7 Å². The van der Waals surface area contributed by atoms with Gasteiger partial charge in [0.15, 0.2) is 5.75 Å². The van der Waals surface area contributed by atoms with E-state index in [1.807, 2.05) is 6.07 Å². The van der Waals surface area contributed by atoms with Crippen LogP contribution < -0.4 is 4.74 Å². The minimum Gasteiger partial charge on any atom is -0.487 e. The first-order valence-corrected chi connectivity index (χ1v) is 8.53. The number of esters is 1. The topological polar surface area (TPSA) is 102 Å². The average molecular weight is 368 g/mol. The SMILES string of the molecule is COC(=O)CCCCCOc1ccc(-c2ccc(C#N)cc2)cc1[N+](=O)[O-]. The predicted octanol–water partition coefficient (Wildman–Crippen LogP) is 4.25. The van der Waals surface area contributed by atoms with Gasteiger partial charge in [-0.1, -0.05) is 18.2 Å². The molecular weight excluding hydrogens is 348 g/mol. The third kappa shape index (κ3) is 5.82. The van der Waals surface area contributed by atoms with Gasteiger partial charge in [0.25, 0.3) is 0 Å². The van der Waals surface area contributed by atoms with Crippen molar-refractivity contribution < 1.29 is 19.2 Å². The van der Waals surface area contributed by atoms with Crippen molar-refractivity contribution in [2.24, 2.45) is 0 Å². The van der Waals surface area contributed by atoms with Crippen LogP contribution >= 0.6 is 0 Å². The van der Waals surface area contributed by atoms with E-state index in [-0.39, 0.29) is 17.4 Å². The number of ether oxygens (including phenoxy) is 2. The number of unbranched alkanes of at least 4 members (excludes halogenated alkanes) is 2. The zero-order valence-electron chi connectivity index (χ0n) is 15.0. The van der Waals surface area contributed by atoms with Gasteiger partial charge in [-0.15, -0.1) is 0 Å². The highest BCUT2D eigenvalue weighted by Gasteiger charge is 2.16. The van der Waals surface area contributed by atoms with Gasteiger partial charge in [-0.05, 0) is 48.6 Å². The minimum atomic E-state index is -0.472. The Morgan fingerprint density at radius 2 is 1.81 bits per heavy atom. The van der Waals surface area contributed by atoms with E-state index in [0.717, 1.165) is 12.0 Å². The van der Waals surface area contributed by atoms with Crippen molar-refractivity contribution in [1.82, 2.24) is 0 Å². The maximum absolute atomic E-state index is 11.4. The first-order valence-electron chi connectivity index (χ1n) is 8.53. The molecule has 0 aromatic heterocycles. The lowest BCUT2D eigenvalue weighted by Gasteiger charge is -2.09. The molecule has 0 N–H and O–H groups in total. The van der Waals surface area contributed by atoms with Gasteiger partial charge in [0.1, 0.15) is 0 Å². The summed E-state index contributed by atoms with van der Waals surface area (Å²) < 4.78 is 10.1. The van der Waals surface area contributed by atoms with Gasteiger partial charge in [-0.25, -0.2) is 0 Å². The molecular formula is C20H20N2O5. The van der Waals surface area contributed by atoms with Crippen molar-refractivity contribution >= 4 is 11.7 Å².